The number of H-pyrrole nitrogens is 1. The zero-order valence-corrected chi connectivity index (χ0v) is 17.4. The fourth-order valence-corrected chi connectivity index (χ4v) is 4.15. The molecule has 146 valence electrons. The number of thiophene rings is 1. The molecule has 0 aliphatic carbocycles. The van der Waals surface area contributed by atoms with Crippen LogP contribution in [0.1, 0.15) is 66.4 Å². The van der Waals surface area contributed by atoms with Crippen LogP contribution in [0.15, 0.2) is 6.07 Å². The minimum absolute atomic E-state index is 0.0192. The fraction of sp³-hybridized carbons (Fsp3) is 0.579. The maximum Gasteiger partial charge on any atom is 0.264 e. The van der Waals surface area contributed by atoms with Gasteiger partial charge in [0.1, 0.15) is 5.82 Å². The molecule has 2 aromatic rings. The van der Waals surface area contributed by atoms with Gasteiger partial charge < -0.3 is 10.2 Å². The molecule has 8 heteroatoms. The minimum Gasteiger partial charge on any atom is -0.337 e. The molecule has 0 radical (unpaired) electrons. The third-order valence-corrected chi connectivity index (χ3v) is 5.86. The van der Waals surface area contributed by atoms with E-state index >= 15 is 0 Å². The molecule has 1 fully saturated rings. The molecule has 2 amide bonds. The number of nitrogens with one attached hydrogen (secondary N) is 2. The number of nitrogens with zero attached hydrogens (tertiary/aromatic N) is 3. The van der Waals surface area contributed by atoms with E-state index in [1.807, 2.05) is 45.6 Å². The van der Waals surface area contributed by atoms with Crippen LogP contribution in [0.3, 0.4) is 0 Å². The zero-order chi connectivity index (χ0) is 19.8. The molecule has 0 saturated carbocycles. The monoisotopic (exact) mass is 389 g/mol. The summed E-state index contributed by atoms with van der Waals surface area (Å²) in [6, 6.07) is 1.88. The second-order valence-electron chi connectivity index (χ2n) is 8.20. The van der Waals surface area contributed by atoms with Crippen LogP contribution in [0.2, 0.25) is 0 Å². The average Bonchev–Trinajstić information content (AvgIpc) is 3.19. The summed E-state index contributed by atoms with van der Waals surface area (Å²) in [7, 11) is 0. The van der Waals surface area contributed by atoms with Gasteiger partial charge in [0, 0.05) is 24.4 Å². The Morgan fingerprint density at radius 1 is 1.33 bits per heavy atom. The number of carbonyl (C=O) groups is 2. The highest BCUT2D eigenvalue weighted by molar-refractivity contribution is 7.18. The normalized spacial score (nSPS) is 17.8. The van der Waals surface area contributed by atoms with Crippen molar-refractivity contribution in [1.82, 2.24) is 20.1 Å². The Kier molecular flexibility index (Phi) is 5.37. The average molecular weight is 390 g/mol. The molecule has 7 nitrogen and oxygen atoms in total. The quantitative estimate of drug-likeness (QED) is 0.841. The Morgan fingerprint density at radius 3 is 2.70 bits per heavy atom. The lowest BCUT2D eigenvalue weighted by Crippen LogP contribution is -2.39. The fourth-order valence-electron chi connectivity index (χ4n) is 3.11. The number of carbonyl (C=O) groups excluding carboxylic acids is 2. The van der Waals surface area contributed by atoms with E-state index in [2.05, 4.69) is 20.5 Å². The van der Waals surface area contributed by atoms with Crippen LogP contribution in [-0.4, -0.2) is 45.0 Å². The number of aromatic nitrogens is 3. The molecule has 27 heavy (non-hydrogen) atoms. The topological polar surface area (TPSA) is 91.0 Å². The number of rotatable bonds is 3. The molecule has 1 aliphatic heterocycles. The van der Waals surface area contributed by atoms with Gasteiger partial charge in [0.05, 0.1) is 9.88 Å². The summed E-state index contributed by atoms with van der Waals surface area (Å²) in [6.45, 7) is 10.8. The van der Waals surface area contributed by atoms with Crippen LogP contribution in [0.4, 0.5) is 5.00 Å². The molecule has 2 aromatic heterocycles. The lowest BCUT2D eigenvalue weighted by atomic mass is 9.96. The molecule has 2 N–H and O–H groups in total. The van der Waals surface area contributed by atoms with Crippen LogP contribution in [0.5, 0.6) is 0 Å². The van der Waals surface area contributed by atoms with Crippen molar-refractivity contribution in [2.75, 3.05) is 18.4 Å². The molecular weight excluding hydrogens is 362 g/mol. The largest absolute Gasteiger partial charge is 0.337 e. The molecule has 3 rings (SSSR count). The van der Waals surface area contributed by atoms with Gasteiger partial charge in [0.15, 0.2) is 5.82 Å². The van der Waals surface area contributed by atoms with Crippen LogP contribution in [-0.2, 0) is 4.79 Å². The van der Waals surface area contributed by atoms with E-state index in [4.69, 9.17) is 0 Å². The van der Waals surface area contributed by atoms with Crippen molar-refractivity contribution in [2.24, 2.45) is 5.41 Å². The Hall–Kier alpha value is -2.22. The molecule has 0 bridgehead atoms. The van der Waals surface area contributed by atoms with E-state index in [1.165, 1.54) is 11.3 Å². The Bertz CT molecular complexity index is 849. The van der Waals surface area contributed by atoms with Gasteiger partial charge in [-0.25, -0.2) is 4.98 Å². The first kappa shape index (κ1) is 19.5. The summed E-state index contributed by atoms with van der Waals surface area (Å²) in [5.41, 5.74) is 0.418. The maximum atomic E-state index is 13.1. The number of likely N-dealkylation sites (tertiary alicyclic amines) is 1. The van der Waals surface area contributed by atoms with E-state index in [9.17, 15) is 9.59 Å². The number of piperidine rings is 1. The van der Waals surface area contributed by atoms with Crippen molar-refractivity contribution in [3.63, 3.8) is 0 Å². The molecular formula is C19H27N5O2S. The van der Waals surface area contributed by atoms with Gasteiger partial charge in [0.25, 0.3) is 5.91 Å². The van der Waals surface area contributed by atoms with E-state index in [0.717, 1.165) is 36.6 Å². The van der Waals surface area contributed by atoms with E-state index in [0.29, 0.717) is 16.4 Å². The van der Waals surface area contributed by atoms with Crippen molar-refractivity contribution < 1.29 is 9.59 Å². The molecule has 0 aromatic carbocycles. The minimum atomic E-state index is -0.475. The third kappa shape index (κ3) is 4.37. The highest BCUT2D eigenvalue weighted by Crippen LogP contribution is 2.32. The van der Waals surface area contributed by atoms with Gasteiger partial charge in [-0.15, -0.1) is 11.3 Å². The van der Waals surface area contributed by atoms with Crippen LogP contribution in [0.25, 0.3) is 0 Å². The van der Waals surface area contributed by atoms with Crippen molar-refractivity contribution in [2.45, 2.75) is 53.4 Å². The zero-order valence-electron chi connectivity index (χ0n) is 16.5. The van der Waals surface area contributed by atoms with E-state index in [1.54, 1.807) is 0 Å². The van der Waals surface area contributed by atoms with Gasteiger partial charge in [-0.05, 0) is 38.3 Å². The van der Waals surface area contributed by atoms with E-state index < -0.39 is 5.41 Å². The number of amides is 2. The number of aromatic amines is 1. The standard InChI is InChI=1S/C19H27N5O2S/c1-11-9-14(21-18(26)19(3,4)5)27-15(11)17(25)24-8-6-7-13(10-24)16-20-12(2)22-23-16/h9,13H,6-8,10H2,1-5H3,(H,21,26)(H,20,22,23)/t13-/m1/s1. The van der Waals surface area contributed by atoms with Gasteiger partial charge in [0.2, 0.25) is 5.91 Å². The van der Waals surface area contributed by atoms with Crippen molar-refractivity contribution in [3.8, 4) is 0 Å². The third-order valence-electron chi connectivity index (χ3n) is 4.72. The predicted molar refractivity (Wildman–Crippen MR) is 106 cm³/mol. The Morgan fingerprint density at radius 2 is 2.07 bits per heavy atom. The summed E-state index contributed by atoms with van der Waals surface area (Å²) >= 11 is 1.35. The number of hydrogen-bond donors (Lipinski definition) is 2. The Balaban J connectivity index is 1.72. The van der Waals surface area contributed by atoms with E-state index in [-0.39, 0.29) is 17.7 Å². The summed E-state index contributed by atoms with van der Waals surface area (Å²) in [5.74, 6) is 1.70. The Labute approximate surface area is 163 Å². The molecule has 1 aliphatic rings. The molecule has 0 spiro atoms. The summed E-state index contributed by atoms with van der Waals surface area (Å²) < 4.78 is 0. The lowest BCUT2D eigenvalue weighted by Gasteiger charge is -2.31. The summed E-state index contributed by atoms with van der Waals surface area (Å²) in [5, 5.41) is 10.8. The van der Waals surface area contributed by atoms with Gasteiger partial charge >= 0.3 is 0 Å². The van der Waals surface area contributed by atoms with Crippen molar-refractivity contribution in [1.29, 1.82) is 0 Å². The molecule has 3 heterocycles. The number of aryl methyl sites for hydroxylation is 2. The SMILES string of the molecule is Cc1nc([C@@H]2CCCN(C(=O)c3sc(NC(=O)C(C)(C)C)cc3C)C2)n[nH]1. The maximum absolute atomic E-state index is 13.1. The van der Waals surface area contributed by atoms with Gasteiger partial charge in [-0.1, -0.05) is 20.8 Å². The van der Waals surface area contributed by atoms with Crippen LogP contribution < -0.4 is 5.32 Å². The lowest BCUT2D eigenvalue weighted by molar-refractivity contribution is -0.123. The molecule has 0 unspecified atom stereocenters. The van der Waals surface area contributed by atoms with Crippen LogP contribution >= 0.6 is 11.3 Å². The van der Waals surface area contributed by atoms with Crippen molar-refractivity contribution in [3.05, 3.63) is 28.2 Å². The highest BCUT2D eigenvalue weighted by Gasteiger charge is 2.30. The van der Waals surface area contributed by atoms with Gasteiger partial charge in [-0.2, -0.15) is 5.10 Å². The summed E-state index contributed by atoms with van der Waals surface area (Å²) in [4.78, 5) is 32.3. The van der Waals surface area contributed by atoms with Gasteiger partial charge in [-0.3, -0.25) is 14.7 Å². The first-order valence-corrected chi connectivity index (χ1v) is 10.1. The molecule has 1 saturated heterocycles. The molecule has 1 atom stereocenters. The highest BCUT2D eigenvalue weighted by atomic mass is 32.1. The second kappa shape index (κ2) is 7.42. The van der Waals surface area contributed by atoms with Crippen molar-refractivity contribution >= 4 is 28.2 Å². The second-order valence-corrected chi connectivity index (χ2v) is 9.25. The smallest absolute Gasteiger partial charge is 0.264 e. The van der Waals surface area contributed by atoms with Crippen LogP contribution in [0, 0.1) is 19.3 Å². The first-order chi connectivity index (χ1) is 12.6. The number of anilines is 1. The summed E-state index contributed by atoms with van der Waals surface area (Å²) in [6.07, 6.45) is 1.92. The number of hydrogen-bond acceptors (Lipinski definition) is 5. The first-order valence-electron chi connectivity index (χ1n) is 9.25. The predicted octanol–water partition coefficient (Wildman–Crippen LogP) is 3.49.